The molecule has 64 valence electrons. The van der Waals surface area contributed by atoms with E-state index in [4.69, 9.17) is 0 Å². The van der Waals surface area contributed by atoms with Gasteiger partial charge in [0.05, 0.1) is 6.10 Å². The third-order valence-corrected chi connectivity index (χ3v) is 2.36. The molecule has 0 aromatic rings. The summed E-state index contributed by atoms with van der Waals surface area (Å²) in [5.74, 6) is 0.404. The molecular formula is C8H15NO2. The summed E-state index contributed by atoms with van der Waals surface area (Å²) in [6.07, 6.45) is 0.591. The summed E-state index contributed by atoms with van der Waals surface area (Å²) in [5, 5.41) is 9.40. The average Bonchev–Trinajstić information content (AvgIpc) is 1.94. The molecule has 1 fully saturated rings. The molecule has 3 heteroatoms. The van der Waals surface area contributed by atoms with Crippen molar-refractivity contribution in [3.8, 4) is 0 Å². The van der Waals surface area contributed by atoms with E-state index in [-0.39, 0.29) is 12.0 Å². The van der Waals surface area contributed by atoms with Gasteiger partial charge in [0, 0.05) is 20.0 Å². The molecule has 1 amide bonds. The quantitative estimate of drug-likeness (QED) is 0.547. The summed E-state index contributed by atoms with van der Waals surface area (Å²) >= 11 is 0. The molecule has 0 radical (unpaired) electrons. The molecule has 2 atom stereocenters. The van der Waals surface area contributed by atoms with Crippen LogP contribution >= 0.6 is 0 Å². The van der Waals surface area contributed by atoms with Gasteiger partial charge >= 0.3 is 0 Å². The van der Waals surface area contributed by atoms with Crippen molar-refractivity contribution in [2.45, 2.75) is 26.4 Å². The number of amides is 1. The molecule has 11 heavy (non-hydrogen) atoms. The van der Waals surface area contributed by atoms with Crippen LogP contribution in [0.3, 0.4) is 0 Å². The highest BCUT2D eigenvalue weighted by Crippen LogP contribution is 2.16. The Kier molecular flexibility index (Phi) is 2.49. The lowest BCUT2D eigenvalue weighted by atomic mass is 9.96. The number of piperidine rings is 1. The normalized spacial score (nSPS) is 32.1. The van der Waals surface area contributed by atoms with Gasteiger partial charge in [-0.05, 0) is 12.3 Å². The fourth-order valence-corrected chi connectivity index (χ4v) is 1.33. The van der Waals surface area contributed by atoms with Crippen molar-refractivity contribution in [3.63, 3.8) is 0 Å². The predicted octanol–water partition coefficient (Wildman–Crippen LogP) is 0.236. The second-order valence-electron chi connectivity index (χ2n) is 3.30. The minimum Gasteiger partial charge on any atom is -0.391 e. The van der Waals surface area contributed by atoms with Gasteiger partial charge in [-0.25, -0.2) is 0 Å². The molecule has 0 unspecified atom stereocenters. The van der Waals surface area contributed by atoms with Gasteiger partial charge in [-0.3, -0.25) is 4.79 Å². The number of β-amino-alcohol motifs (C(OH)–C–C–N with tert-alkyl or cyclic N) is 1. The Hall–Kier alpha value is -0.570. The summed E-state index contributed by atoms with van der Waals surface area (Å²) in [5.41, 5.74) is 0. The first-order valence-electron chi connectivity index (χ1n) is 4.05. The van der Waals surface area contributed by atoms with Crippen molar-refractivity contribution in [3.05, 3.63) is 0 Å². The van der Waals surface area contributed by atoms with Crippen LogP contribution in [0.5, 0.6) is 0 Å². The Morgan fingerprint density at radius 2 is 2.27 bits per heavy atom. The van der Waals surface area contributed by atoms with Crippen LogP contribution in [0.25, 0.3) is 0 Å². The zero-order chi connectivity index (χ0) is 8.43. The van der Waals surface area contributed by atoms with Crippen LogP contribution in [-0.4, -0.2) is 35.1 Å². The lowest BCUT2D eigenvalue weighted by Gasteiger charge is -2.33. The molecular weight excluding hydrogens is 142 g/mol. The number of carbonyl (C=O) groups excluding carboxylic acids is 1. The van der Waals surface area contributed by atoms with Crippen LogP contribution in [0.2, 0.25) is 0 Å². The van der Waals surface area contributed by atoms with E-state index in [1.807, 2.05) is 6.92 Å². The number of likely N-dealkylation sites (tertiary alicyclic amines) is 1. The second-order valence-corrected chi connectivity index (χ2v) is 3.30. The van der Waals surface area contributed by atoms with E-state index in [9.17, 15) is 9.90 Å². The maximum atomic E-state index is 10.9. The van der Waals surface area contributed by atoms with Crippen LogP contribution in [0, 0.1) is 5.92 Å². The summed E-state index contributed by atoms with van der Waals surface area (Å²) in [6.45, 7) is 4.87. The smallest absolute Gasteiger partial charge is 0.219 e. The predicted molar refractivity (Wildman–Crippen MR) is 42.0 cm³/mol. The van der Waals surface area contributed by atoms with Gasteiger partial charge in [-0.15, -0.1) is 0 Å². The second kappa shape index (κ2) is 3.22. The highest BCUT2D eigenvalue weighted by molar-refractivity contribution is 5.73. The molecule has 0 aromatic carbocycles. The molecule has 0 spiro atoms. The summed E-state index contributed by atoms with van der Waals surface area (Å²) in [7, 11) is 0. The fraction of sp³-hybridized carbons (Fsp3) is 0.875. The van der Waals surface area contributed by atoms with Crippen LogP contribution in [0.15, 0.2) is 0 Å². The van der Waals surface area contributed by atoms with Crippen molar-refractivity contribution < 1.29 is 9.90 Å². The molecule has 0 saturated carbocycles. The summed E-state index contributed by atoms with van der Waals surface area (Å²) < 4.78 is 0. The summed E-state index contributed by atoms with van der Waals surface area (Å²) in [6, 6.07) is 0. The van der Waals surface area contributed by atoms with Crippen molar-refractivity contribution in [1.29, 1.82) is 0 Å². The first kappa shape index (κ1) is 8.53. The van der Waals surface area contributed by atoms with E-state index in [1.54, 1.807) is 11.8 Å². The van der Waals surface area contributed by atoms with Crippen molar-refractivity contribution in [2.24, 2.45) is 5.92 Å². The maximum absolute atomic E-state index is 10.9. The zero-order valence-corrected chi connectivity index (χ0v) is 7.08. The Morgan fingerprint density at radius 3 is 2.73 bits per heavy atom. The van der Waals surface area contributed by atoms with Gasteiger partial charge in [0.15, 0.2) is 0 Å². The molecule has 0 aromatic heterocycles. The Balaban J connectivity index is 2.46. The first-order valence-corrected chi connectivity index (χ1v) is 4.05. The number of aliphatic hydroxyl groups excluding tert-OH is 1. The number of hydrogen-bond acceptors (Lipinski definition) is 2. The third kappa shape index (κ3) is 1.93. The third-order valence-electron chi connectivity index (χ3n) is 2.36. The largest absolute Gasteiger partial charge is 0.391 e. The highest BCUT2D eigenvalue weighted by atomic mass is 16.3. The van der Waals surface area contributed by atoms with E-state index in [1.165, 1.54) is 0 Å². The maximum Gasteiger partial charge on any atom is 0.219 e. The van der Waals surface area contributed by atoms with Gasteiger partial charge in [-0.1, -0.05) is 6.92 Å². The summed E-state index contributed by atoms with van der Waals surface area (Å²) in [4.78, 5) is 12.6. The molecule has 1 heterocycles. The SMILES string of the molecule is CC(=O)N1CC[C@@H](C)[C@H](O)C1. The molecule has 0 bridgehead atoms. The minimum absolute atomic E-state index is 0.0657. The molecule has 1 N–H and O–H groups in total. The topological polar surface area (TPSA) is 40.5 Å². The van der Waals surface area contributed by atoms with E-state index in [2.05, 4.69) is 0 Å². The van der Waals surface area contributed by atoms with Gasteiger partial charge < -0.3 is 10.0 Å². The fourth-order valence-electron chi connectivity index (χ4n) is 1.33. The van der Waals surface area contributed by atoms with Crippen LogP contribution in [-0.2, 0) is 4.79 Å². The van der Waals surface area contributed by atoms with Gasteiger partial charge in [0.2, 0.25) is 5.91 Å². The first-order chi connectivity index (χ1) is 5.11. The Bertz CT molecular complexity index is 158. The molecule has 0 aliphatic carbocycles. The lowest BCUT2D eigenvalue weighted by molar-refractivity contribution is -0.133. The number of rotatable bonds is 0. The highest BCUT2D eigenvalue weighted by Gasteiger charge is 2.25. The van der Waals surface area contributed by atoms with Crippen LogP contribution in [0.4, 0.5) is 0 Å². The molecule has 3 nitrogen and oxygen atoms in total. The van der Waals surface area contributed by atoms with Crippen LogP contribution in [0.1, 0.15) is 20.3 Å². The average molecular weight is 157 g/mol. The van der Waals surface area contributed by atoms with Crippen molar-refractivity contribution in [1.82, 2.24) is 4.90 Å². The molecule has 1 aliphatic heterocycles. The van der Waals surface area contributed by atoms with Crippen molar-refractivity contribution >= 4 is 5.91 Å². The Labute approximate surface area is 67.0 Å². The van der Waals surface area contributed by atoms with Gasteiger partial charge in [-0.2, -0.15) is 0 Å². The number of aliphatic hydroxyl groups is 1. The Morgan fingerprint density at radius 1 is 1.64 bits per heavy atom. The monoisotopic (exact) mass is 157 g/mol. The number of carbonyl (C=O) groups is 1. The standard InChI is InChI=1S/C8H15NO2/c1-6-3-4-9(7(2)10)5-8(6)11/h6,8,11H,3-5H2,1-2H3/t6-,8-/m1/s1. The van der Waals surface area contributed by atoms with Crippen molar-refractivity contribution in [2.75, 3.05) is 13.1 Å². The van der Waals surface area contributed by atoms with Gasteiger partial charge in [0.25, 0.3) is 0 Å². The van der Waals surface area contributed by atoms with E-state index < -0.39 is 0 Å². The van der Waals surface area contributed by atoms with E-state index in [0.29, 0.717) is 12.5 Å². The van der Waals surface area contributed by atoms with E-state index in [0.717, 1.165) is 13.0 Å². The van der Waals surface area contributed by atoms with Gasteiger partial charge in [0.1, 0.15) is 0 Å². The van der Waals surface area contributed by atoms with E-state index >= 15 is 0 Å². The van der Waals surface area contributed by atoms with Crippen LogP contribution < -0.4 is 0 Å². The lowest BCUT2D eigenvalue weighted by Crippen LogP contribution is -2.44. The minimum atomic E-state index is -0.326. The zero-order valence-electron chi connectivity index (χ0n) is 7.08. The molecule has 1 aliphatic rings. The number of hydrogen-bond donors (Lipinski definition) is 1. The molecule has 1 rings (SSSR count). The molecule has 1 saturated heterocycles. The number of nitrogens with zero attached hydrogens (tertiary/aromatic N) is 1.